The predicted octanol–water partition coefficient (Wildman–Crippen LogP) is 3.84. The third-order valence-electron chi connectivity index (χ3n) is 3.67. The minimum Gasteiger partial charge on any atom is -0.378 e. The molecule has 1 fully saturated rings. The molecule has 1 saturated heterocycles. The normalized spacial score (nSPS) is 15.0. The largest absolute Gasteiger partial charge is 0.378 e. The number of rotatable bonds is 4. The molecular formula is C16H19BrN4. The van der Waals surface area contributed by atoms with E-state index in [1.807, 2.05) is 24.4 Å². The maximum Gasteiger partial charge on any atom is 0.128 e. The average Bonchev–Trinajstić information content (AvgIpc) is 2.54. The quantitative estimate of drug-likeness (QED) is 0.854. The van der Waals surface area contributed by atoms with Gasteiger partial charge in [0.1, 0.15) is 10.4 Å². The Morgan fingerprint density at radius 1 is 1.10 bits per heavy atom. The first kappa shape index (κ1) is 14.3. The van der Waals surface area contributed by atoms with E-state index in [9.17, 15) is 0 Å². The fraction of sp³-hybridized carbons (Fsp3) is 0.375. The lowest BCUT2D eigenvalue weighted by Crippen LogP contribution is -2.30. The van der Waals surface area contributed by atoms with E-state index in [0.717, 1.165) is 34.9 Å². The summed E-state index contributed by atoms with van der Waals surface area (Å²) in [7, 11) is 0. The molecule has 2 aromatic heterocycles. The monoisotopic (exact) mass is 346 g/mol. The summed E-state index contributed by atoms with van der Waals surface area (Å²) in [4.78, 5) is 11.3. The van der Waals surface area contributed by atoms with Crippen LogP contribution in [0.15, 0.2) is 41.1 Å². The molecule has 1 aliphatic rings. The lowest BCUT2D eigenvalue weighted by atomic mass is 10.1. The van der Waals surface area contributed by atoms with E-state index in [1.165, 1.54) is 19.3 Å². The highest BCUT2D eigenvalue weighted by molar-refractivity contribution is 9.10. The van der Waals surface area contributed by atoms with Gasteiger partial charge in [0, 0.05) is 13.1 Å². The summed E-state index contributed by atoms with van der Waals surface area (Å²) in [6.07, 6.45) is 5.80. The van der Waals surface area contributed by atoms with E-state index in [-0.39, 0.29) is 0 Å². The van der Waals surface area contributed by atoms with Crippen molar-refractivity contribution in [2.75, 3.05) is 23.3 Å². The van der Waals surface area contributed by atoms with Crippen LogP contribution in [0.4, 0.5) is 11.5 Å². The van der Waals surface area contributed by atoms with Crippen molar-refractivity contribution in [1.82, 2.24) is 9.97 Å². The van der Waals surface area contributed by atoms with Gasteiger partial charge < -0.3 is 10.2 Å². The summed E-state index contributed by atoms with van der Waals surface area (Å²) >= 11 is 3.39. The highest BCUT2D eigenvalue weighted by atomic mass is 79.9. The van der Waals surface area contributed by atoms with Crippen LogP contribution in [0.1, 0.15) is 25.0 Å². The van der Waals surface area contributed by atoms with Crippen LogP contribution in [-0.2, 0) is 6.54 Å². The van der Waals surface area contributed by atoms with Gasteiger partial charge in [-0.15, -0.1) is 0 Å². The Morgan fingerprint density at radius 3 is 2.67 bits per heavy atom. The number of halogens is 1. The lowest BCUT2D eigenvalue weighted by Gasteiger charge is -2.27. The van der Waals surface area contributed by atoms with Crippen LogP contribution in [0.25, 0.3) is 0 Å². The molecule has 0 saturated carbocycles. The van der Waals surface area contributed by atoms with Gasteiger partial charge in [0.05, 0.1) is 24.1 Å². The van der Waals surface area contributed by atoms with Gasteiger partial charge in [-0.25, -0.2) is 9.97 Å². The predicted molar refractivity (Wildman–Crippen MR) is 89.6 cm³/mol. The second-order valence-electron chi connectivity index (χ2n) is 5.26. The second kappa shape index (κ2) is 6.89. The first-order valence-electron chi connectivity index (χ1n) is 7.37. The van der Waals surface area contributed by atoms with Crippen LogP contribution < -0.4 is 10.2 Å². The molecule has 0 aliphatic carbocycles. The second-order valence-corrected chi connectivity index (χ2v) is 6.07. The molecular weight excluding hydrogens is 328 g/mol. The molecule has 0 aromatic carbocycles. The Morgan fingerprint density at radius 2 is 1.95 bits per heavy atom. The molecule has 0 radical (unpaired) electrons. The molecule has 21 heavy (non-hydrogen) atoms. The molecule has 110 valence electrons. The number of nitrogens with one attached hydrogen (secondary N) is 1. The van der Waals surface area contributed by atoms with E-state index in [4.69, 9.17) is 0 Å². The van der Waals surface area contributed by atoms with Crippen LogP contribution in [0.5, 0.6) is 0 Å². The summed E-state index contributed by atoms with van der Waals surface area (Å²) < 4.78 is 0.861. The van der Waals surface area contributed by atoms with Gasteiger partial charge >= 0.3 is 0 Å². The lowest BCUT2D eigenvalue weighted by molar-refractivity contribution is 0.573. The smallest absolute Gasteiger partial charge is 0.128 e. The number of anilines is 2. The zero-order chi connectivity index (χ0) is 14.5. The van der Waals surface area contributed by atoms with Crippen molar-refractivity contribution in [2.45, 2.75) is 25.8 Å². The summed E-state index contributed by atoms with van der Waals surface area (Å²) in [6, 6.07) is 10.1. The van der Waals surface area contributed by atoms with Gasteiger partial charge in [-0.2, -0.15) is 0 Å². The van der Waals surface area contributed by atoms with Crippen LogP contribution in [0.3, 0.4) is 0 Å². The molecule has 0 bridgehead atoms. The number of piperidine rings is 1. The third kappa shape index (κ3) is 3.94. The zero-order valence-corrected chi connectivity index (χ0v) is 13.5. The first-order valence-corrected chi connectivity index (χ1v) is 8.17. The van der Waals surface area contributed by atoms with Crippen molar-refractivity contribution < 1.29 is 0 Å². The minimum absolute atomic E-state index is 0.699. The highest BCUT2D eigenvalue weighted by Gasteiger charge is 2.11. The van der Waals surface area contributed by atoms with Crippen molar-refractivity contribution in [1.29, 1.82) is 0 Å². The molecule has 5 heteroatoms. The van der Waals surface area contributed by atoms with Crippen molar-refractivity contribution in [3.05, 3.63) is 46.8 Å². The number of pyridine rings is 2. The van der Waals surface area contributed by atoms with Gasteiger partial charge in [-0.05, 0) is 59.5 Å². The zero-order valence-electron chi connectivity index (χ0n) is 11.9. The third-order valence-corrected chi connectivity index (χ3v) is 4.12. The van der Waals surface area contributed by atoms with Crippen LogP contribution in [0.2, 0.25) is 0 Å². The first-order chi connectivity index (χ1) is 10.3. The van der Waals surface area contributed by atoms with Crippen molar-refractivity contribution in [3.63, 3.8) is 0 Å². The Bertz CT molecular complexity index is 579. The van der Waals surface area contributed by atoms with Crippen LogP contribution in [-0.4, -0.2) is 23.1 Å². The molecule has 3 rings (SSSR count). The Labute approximate surface area is 133 Å². The molecule has 0 spiro atoms. The molecule has 0 unspecified atom stereocenters. The van der Waals surface area contributed by atoms with Crippen LogP contribution >= 0.6 is 15.9 Å². The minimum atomic E-state index is 0.699. The summed E-state index contributed by atoms with van der Waals surface area (Å²) in [5.74, 6) is 1.08. The van der Waals surface area contributed by atoms with E-state index in [2.05, 4.69) is 48.2 Å². The molecule has 3 heterocycles. The number of aromatic nitrogens is 2. The molecule has 0 atom stereocenters. The standard InChI is InChI=1S/C16H19BrN4/c17-15-6-4-5-14(20-15)12-18-13-7-8-16(19-11-13)21-9-2-1-3-10-21/h4-8,11,18H,1-3,9-10,12H2. The Kier molecular flexibility index (Phi) is 4.70. The van der Waals surface area contributed by atoms with Crippen LogP contribution in [0, 0.1) is 0 Å². The summed E-state index contributed by atoms with van der Waals surface area (Å²) in [5.41, 5.74) is 2.03. The topological polar surface area (TPSA) is 41.0 Å². The van der Waals surface area contributed by atoms with Gasteiger partial charge in [0.25, 0.3) is 0 Å². The highest BCUT2D eigenvalue weighted by Crippen LogP contribution is 2.19. The van der Waals surface area contributed by atoms with E-state index >= 15 is 0 Å². The van der Waals surface area contributed by atoms with E-state index in [1.54, 1.807) is 0 Å². The average molecular weight is 347 g/mol. The van der Waals surface area contributed by atoms with E-state index in [0.29, 0.717) is 6.54 Å². The fourth-order valence-corrected chi connectivity index (χ4v) is 2.92. The van der Waals surface area contributed by atoms with Gasteiger partial charge in [0.2, 0.25) is 0 Å². The van der Waals surface area contributed by atoms with Gasteiger partial charge in [-0.1, -0.05) is 6.07 Å². The van der Waals surface area contributed by atoms with Gasteiger partial charge in [-0.3, -0.25) is 0 Å². The maximum absolute atomic E-state index is 4.57. The Hall–Kier alpha value is -1.62. The van der Waals surface area contributed by atoms with Crippen molar-refractivity contribution in [3.8, 4) is 0 Å². The van der Waals surface area contributed by atoms with Crippen molar-refractivity contribution in [2.24, 2.45) is 0 Å². The van der Waals surface area contributed by atoms with E-state index < -0.39 is 0 Å². The fourth-order valence-electron chi connectivity index (χ4n) is 2.54. The maximum atomic E-state index is 4.57. The van der Waals surface area contributed by atoms with Crippen molar-refractivity contribution >= 4 is 27.4 Å². The van der Waals surface area contributed by atoms with Gasteiger partial charge in [0.15, 0.2) is 0 Å². The number of hydrogen-bond donors (Lipinski definition) is 1. The Balaban J connectivity index is 1.59. The SMILES string of the molecule is Brc1cccc(CNc2ccc(N3CCCCC3)nc2)n1. The molecule has 4 nitrogen and oxygen atoms in total. The summed E-state index contributed by atoms with van der Waals surface area (Å²) in [6.45, 7) is 2.95. The molecule has 1 aliphatic heterocycles. The molecule has 1 N–H and O–H groups in total. The number of nitrogens with zero attached hydrogens (tertiary/aromatic N) is 3. The number of hydrogen-bond acceptors (Lipinski definition) is 4. The molecule has 2 aromatic rings. The molecule has 0 amide bonds. The summed E-state index contributed by atoms with van der Waals surface area (Å²) in [5, 5.41) is 3.35.